The fourth-order valence-corrected chi connectivity index (χ4v) is 2.15. The number of nitrogens with two attached hydrogens (primary N) is 1. The van der Waals surface area contributed by atoms with Gasteiger partial charge in [-0.2, -0.15) is 0 Å². The summed E-state index contributed by atoms with van der Waals surface area (Å²) in [4.78, 5) is 0. The molecule has 0 atom stereocenters. The van der Waals surface area contributed by atoms with E-state index >= 15 is 0 Å². The van der Waals surface area contributed by atoms with Gasteiger partial charge in [0.15, 0.2) is 0 Å². The maximum Gasteiger partial charge on any atom is 0.0576 e. The van der Waals surface area contributed by atoms with Crippen LogP contribution in [0.1, 0.15) is 30.0 Å². The Hall–Kier alpha value is -1.96. The molecule has 0 spiro atoms. The van der Waals surface area contributed by atoms with E-state index in [1.54, 1.807) is 0 Å². The van der Waals surface area contributed by atoms with Crippen molar-refractivity contribution in [3.05, 3.63) is 59.2 Å². The van der Waals surface area contributed by atoms with Crippen molar-refractivity contribution in [1.29, 1.82) is 0 Å². The fourth-order valence-electron chi connectivity index (χ4n) is 2.15. The number of hydrogen-bond donors (Lipinski definition) is 2. The minimum atomic E-state index is 0.805. The molecule has 0 radical (unpaired) electrons. The van der Waals surface area contributed by atoms with E-state index in [9.17, 15) is 0 Å². The summed E-state index contributed by atoms with van der Waals surface area (Å²) in [7, 11) is 0. The Bertz CT molecular complexity index is 529. The third-order valence-corrected chi connectivity index (χ3v) is 3.25. The smallest absolute Gasteiger partial charge is 0.0576 e. The lowest BCUT2D eigenvalue weighted by Gasteiger charge is -2.10. The molecule has 0 saturated heterocycles. The largest absolute Gasteiger partial charge is 0.397 e. The summed E-state index contributed by atoms with van der Waals surface area (Å²) in [6.07, 6.45) is 2.34. The topological polar surface area (TPSA) is 38.0 Å². The van der Waals surface area contributed by atoms with E-state index in [0.29, 0.717) is 0 Å². The van der Waals surface area contributed by atoms with Crippen molar-refractivity contribution in [1.82, 2.24) is 0 Å². The van der Waals surface area contributed by atoms with Gasteiger partial charge in [0.2, 0.25) is 0 Å². The van der Waals surface area contributed by atoms with Crippen molar-refractivity contribution in [3.8, 4) is 0 Å². The van der Waals surface area contributed by atoms with Crippen molar-refractivity contribution in [2.75, 3.05) is 11.1 Å². The van der Waals surface area contributed by atoms with Crippen LogP contribution in [0.5, 0.6) is 0 Å². The van der Waals surface area contributed by atoms with Crippen molar-refractivity contribution < 1.29 is 0 Å². The van der Waals surface area contributed by atoms with Crippen molar-refractivity contribution in [2.24, 2.45) is 0 Å². The Morgan fingerprint density at radius 1 is 1.00 bits per heavy atom. The van der Waals surface area contributed by atoms with E-state index in [0.717, 1.165) is 24.3 Å². The SMILES string of the molecule is CCCc1ccc(CNc2ccc(C)cc2N)cc1. The van der Waals surface area contributed by atoms with Crippen LogP contribution in [-0.2, 0) is 13.0 Å². The first-order chi connectivity index (χ1) is 9.19. The van der Waals surface area contributed by atoms with Gasteiger partial charge in [-0.3, -0.25) is 0 Å². The van der Waals surface area contributed by atoms with Crippen LogP contribution in [-0.4, -0.2) is 0 Å². The van der Waals surface area contributed by atoms with Gasteiger partial charge in [0.25, 0.3) is 0 Å². The highest BCUT2D eigenvalue weighted by atomic mass is 14.9. The predicted molar refractivity (Wildman–Crippen MR) is 83.4 cm³/mol. The Labute approximate surface area is 115 Å². The van der Waals surface area contributed by atoms with Crippen molar-refractivity contribution in [3.63, 3.8) is 0 Å². The van der Waals surface area contributed by atoms with Crippen LogP contribution in [0.15, 0.2) is 42.5 Å². The highest BCUT2D eigenvalue weighted by Crippen LogP contribution is 2.20. The summed E-state index contributed by atoms with van der Waals surface area (Å²) in [6.45, 7) is 5.06. The van der Waals surface area contributed by atoms with Crippen LogP contribution in [0.2, 0.25) is 0 Å². The van der Waals surface area contributed by atoms with Gasteiger partial charge >= 0.3 is 0 Å². The fraction of sp³-hybridized carbons (Fsp3) is 0.294. The minimum Gasteiger partial charge on any atom is -0.397 e. The molecule has 0 heterocycles. The van der Waals surface area contributed by atoms with Gasteiger partial charge < -0.3 is 11.1 Å². The number of rotatable bonds is 5. The van der Waals surface area contributed by atoms with E-state index < -0.39 is 0 Å². The summed E-state index contributed by atoms with van der Waals surface area (Å²) >= 11 is 0. The van der Waals surface area contributed by atoms with E-state index in [4.69, 9.17) is 5.73 Å². The molecule has 3 N–H and O–H groups in total. The Kier molecular flexibility index (Phi) is 4.45. The highest BCUT2D eigenvalue weighted by Gasteiger charge is 1.99. The first-order valence-corrected chi connectivity index (χ1v) is 6.87. The summed E-state index contributed by atoms with van der Waals surface area (Å²) in [5.41, 5.74) is 11.7. The van der Waals surface area contributed by atoms with Crippen LogP contribution >= 0.6 is 0 Å². The molecule has 0 aliphatic heterocycles. The second-order valence-electron chi connectivity index (χ2n) is 5.01. The number of anilines is 2. The standard InChI is InChI=1S/C17H22N2/c1-3-4-14-6-8-15(9-7-14)12-19-17-10-5-13(2)11-16(17)18/h5-11,19H,3-4,12,18H2,1-2H3. The zero-order valence-electron chi connectivity index (χ0n) is 11.7. The molecular weight excluding hydrogens is 232 g/mol. The lowest BCUT2D eigenvalue weighted by atomic mass is 10.1. The Morgan fingerprint density at radius 2 is 1.68 bits per heavy atom. The summed E-state index contributed by atoms with van der Waals surface area (Å²) in [5.74, 6) is 0. The van der Waals surface area contributed by atoms with Crippen LogP contribution < -0.4 is 11.1 Å². The molecule has 2 nitrogen and oxygen atoms in total. The number of nitrogens with one attached hydrogen (secondary N) is 1. The molecule has 2 aromatic rings. The zero-order valence-corrected chi connectivity index (χ0v) is 11.7. The number of nitrogen functional groups attached to an aromatic ring is 1. The van der Waals surface area contributed by atoms with Crippen molar-refractivity contribution in [2.45, 2.75) is 33.2 Å². The summed E-state index contributed by atoms with van der Waals surface area (Å²) < 4.78 is 0. The van der Waals surface area contributed by atoms with Gasteiger partial charge in [-0.15, -0.1) is 0 Å². The van der Waals surface area contributed by atoms with Gasteiger partial charge in [0, 0.05) is 6.54 Å². The number of aryl methyl sites for hydroxylation is 2. The number of benzene rings is 2. The zero-order chi connectivity index (χ0) is 13.7. The lowest BCUT2D eigenvalue weighted by Crippen LogP contribution is -2.02. The first kappa shape index (κ1) is 13.5. The first-order valence-electron chi connectivity index (χ1n) is 6.87. The van der Waals surface area contributed by atoms with Crippen LogP contribution in [0.4, 0.5) is 11.4 Å². The summed E-state index contributed by atoms with van der Waals surface area (Å²) in [5, 5.41) is 3.38. The van der Waals surface area contributed by atoms with E-state index in [1.807, 2.05) is 19.1 Å². The Morgan fingerprint density at radius 3 is 2.32 bits per heavy atom. The second kappa shape index (κ2) is 6.28. The molecule has 0 aromatic heterocycles. The molecule has 0 amide bonds. The molecule has 2 rings (SSSR count). The minimum absolute atomic E-state index is 0.805. The molecule has 0 aliphatic rings. The molecule has 2 heteroatoms. The van der Waals surface area contributed by atoms with Gasteiger partial charge in [0.05, 0.1) is 11.4 Å². The van der Waals surface area contributed by atoms with Crippen molar-refractivity contribution >= 4 is 11.4 Å². The molecule has 0 saturated carbocycles. The maximum atomic E-state index is 5.99. The van der Waals surface area contributed by atoms with E-state index in [2.05, 4.69) is 42.6 Å². The van der Waals surface area contributed by atoms with Gasteiger partial charge in [-0.25, -0.2) is 0 Å². The second-order valence-corrected chi connectivity index (χ2v) is 5.01. The highest BCUT2D eigenvalue weighted by molar-refractivity contribution is 5.66. The Balaban J connectivity index is 1.98. The molecule has 100 valence electrons. The monoisotopic (exact) mass is 254 g/mol. The summed E-state index contributed by atoms with van der Waals surface area (Å²) in [6, 6.07) is 14.9. The van der Waals surface area contributed by atoms with Gasteiger partial charge in [-0.05, 0) is 42.2 Å². The normalized spacial score (nSPS) is 10.4. The van der Waals surface area contributed by atoms with Crippen LogP contribution in [0.3, 0.4) is 0 Å². The molecule has 0 aliphatic carbocycles. The average Bonchev–Trinajstić information content (AvgIpc) is 2.40. The lowest BCUT2D eigenvalue weighted by molar-refractivity contribution is 0.920. The van der Waals surface area contributed by atoms with Crippen LogP contribution in [0.25, 0.3) is 0 Å². The van der Waals surface area contributed by atoms with Gasteiger partial charge in [0.1, 0.15) is 0 Å². The molecule has 2 aromatic carbocycles. The predicted octanol–water partition coefficient (Wildman–Crippen LogP) is 4.14. The quantitative estimate of drug-likeness (QED) is 0.787. The third kappa shape index (κ3) is 3.75. The molecule has 0 unspecified atom stereocenters. The van der Waals surface area contributed by atoms with E-state index in [-0.39, 0.29) is 0 Å². The third-order valence-electron chi connectivity index (χ3n) is 3.25. The number of hydrogen-bond acceptors (Lipinski definition) is 2. The van der Waals surface area contributed by atoms with E-state index in [1.165, 1.54) is 23.1 Å². The molecule has 0 bridgehead atoms. The molecular formula is C17H22N2. The van der Waals surface area contributed by atoms with Gasteiger partial charge in [-0.1, -0.05) is 43.7 Å². The molecule has 19 heavy (non-hydrogen) atoms. The molecule has 0 fully saturated rings. The average molecular weight is 254 g/mol. The maximum absolute atomic E-state index is 5.99. The van der Waals surface area contributed by atoms with Crippen LogP contribution in [0, 0.1) is 6.92 Å².